The number of Topliss-reactive ketones (excluding diaryl/α,β-unsaturated/α-hetero) is 1. The van der Waals surface area contributed by atoms with Gasteiger partial charge < -0.3 is 0 Å². The lowest BCUT2D eigenvalue weighted by molar-refractivity contribution is -0.118. The van der Waals surface area contributed by atoms with E-state index in [2.05, 4.69) is 28.6 Å². The van der Waals surface area contributed by atoms with Crippen molar-refractivity contribution < 1.29 is 4.79 Å². The fourth-order valence-corrected chi connectivity index (χ4v) is 2.43. The predicted molar refractivity (Wildman–Crippen MR) is 81.0 cm³/mol. The summed E-state index contributed by atoms with van der Waals surface area (Å²) in [5.41, 5.74) is 1.95. The van der Waals surface area contributed by atoms with E-state index < -0.39 is 0 Å². The molecular weight excluding hydrogens is 308 g/mol. The summed E-state index contributed by atoms with van der Waals surface area (Å²) in [5, 5.41) is -0.372. The topological polar surface area (TPSA) is 17.1 Å². The summed E-state index contributed by atoms with van der Waals surface area (Å²) in [7, 11) is 0. The lowest BCUT2D eigenvalue weighted by Crippen LogP contribution is -2.10. The highest BCUT2D eigenvalue weighted by Crippen LogP contribution is 2.25. The largest absolute Gasteiger partial charge is 0.298 e. The van der Waals surface area contributed by atoms with Gasteiger partial charge in [0, 0.05) is 10.9 Å². The number of hydrogen-bond donors (Lipinski definition) is 1. The number of halogens is 1. The van der Waals surface area contributed by atoms with E-state index in [-0.39, 0.29) is 11.0 Å². The Balaban J connectivity index is 2.10. The quantitative estimate of drug-likeness (QED) is 0.834. The van der Waals surface area contributed by atoms with Crippen molar-refractivity contribution in [3.8, 4) is 0 Å². The Bertz CT molecular complexity index is 539. The molecule has 0 bridgehead atoms. The Morgan fingerprint density at radius 1 is 1.11 bits per heavy atom. The van der Waals surface area contributed by atoms with Crippen molar-refractivity contribution in [2.45, 2.75) is 11.7 Å². The van der Waals surface area contributed by atoms with Crippen LogP contribution in [0.2, 0.25) is 0 Å². The van der Waals surface area contributed by atoms with Crippen LogP contribution in [0, 0.1) is 0 Å². The third-order valence-corrected chi connectivity index (χ3v) is 3.77. The first-order chi connectivity index (χ1) is 8.66. The average molecular weight is 321 g/mol. The Morgan fingerprint density at radius 2 is 1.83 bits per heavy atom. The predicted octanol–water partition coefficient (Wildman–Crippen LogP) is 4.23. The van der Waals surface area contributed by atoms with E-state index >= 15 is 0 Å². The van der Waals surface area contributed by atoms with E-state index in [0.717, 1.165) is 15.6 Å². The Hall–Kier alpha value is -1.06. The van der Waals surface area contributed by atoms with Crippen molar-refractivity contribution >= 4 is 34.3 Å². The molecule has 2 rings (SSSR count). The second-order valence-electron chi connectivity index (χ2n) is 4.09. The summed E-state index contributed by atoms with van der Waals surface area (Å²) >= 11 is 7.82. The fraction of sp³-hybridized carbons (Fsp3) is 0.133. The van der Waals surface area contributed by atoms with Gasteiger partial charge in [0.25, 0.3) is 0 Å². The molecule has 1 unspecified atom stereocenters. The molecule has 0 aliphatic rings. The van der Waals surface area contributed by atoms with Crippen molar-refractivity contribution in [3.63, 3.8) is 0 Å². The minimum absolute atomic E-state index is 0.114. The van der Waals surface area contributed by atoms with Crippen LogP contribution < -0.4 is 0 Å². The number of carbonyl (C=O) groups is 1. The molecule has 0 heterocycles. The van der Waals surface area contributed by atoms with Crippen molar-refractivity contribution in [2.75, 3.05) is 0 Å². The molecule has 0 radical (unpaired) electrons. The first-order valence-electron chi connectivity index (χ1n) is 5.67. The molecule has 1 nitrogen and oxygen atoms in total. The summed E-state index contributed by atoms with van der Waals surface area (Å²) in [6.45, 7) is 0. The zero-order valence-corrected chi connectivity index (χ0v) is 12.2. The summed E-state index contributed by atoms with van der Waals surface area (Å²) in [4.78, 5) is 12.1. The molecule has 3 heteroatoms. The van der Waals surface area contributed by atoms with Crippen LogP contribution in [0.15, 0.2) is 59.1 Å². The van der Waals surface area contributed by atoms with E-state index in [1.54, 1.807) is 0 Å². The second-order valence-corrected chi connectivity index (χ2v) is 5.52. The molecule has 0 saturated carbocycles. The number of thiol groups is 1. The molecule has 0 fully saturated rings. The van der Waals surface area contributed by atoms with Crippen LogP contribution in [-0.2, 0) is 11.2 Å². The zero-order chi connectivity index (χ0) is 13.0. The van der Waals surface area contributed by atoms with Gasteiger partial charge >= 0.3 is 0 Å². The van der Waals surface area contributed by atoms with Gasteiger partial charge in [0.15, 0.2) is 5.78 Å². The number of ketones is 1. The maximum absolute atomic E-state index is 12.1. The van der Waals surface area contributed by atoms with Gasteiger partial charge in [-0.2, -0.15) is 12.6 Å². The van der Waals surface area contributed by atoms with Crippen LogP contribution in [0.5, 0.6) is 0 Å². The monoisotopic (exact) mass is 320 g/mol. The third-order valence-electron chi connectivity index (χ3n) is 2.69. The maximum Gasteiger partial charge on any atom is 0.154 e. The molecule has 0 amide bonds. The van der Waals surface area contributed by atoms with Crippen LogP contribution in [0.25, 0.3) is 0 Å². The molecule has 18 heavy (non-hydrogen) atoms. The van der Waals surface area contributed by atoms with Crippen LogP contribution in [0.3, 0.4) is 0 Å². The van der Waals surface area contributed by atoms with Crippen LogP contribution >= 0.6 is 28.6 Å². The maximum atomic E-state index is 12.1. The Kier molecular flexibility index (Phi) is 4.61. The van der Waals surface area contributed by atoms with Crippen LogP contribution in [0.1, 0.15) is 16.4 Å². The minimum atomic E-state index is -0.372. The molecule has 2 aromatic carbocycles. The lowest BCUT2D eigenvalue weighted by atomic mass is 10.0. The normalized spacial score (nSPS) is 12.1. The summed E-state index contributed by atoms with van der Waals surface area (Å²) in [5.74, 6) is 0.114. The standard InChI is InChI=1S/C15H13BrOS/c16-13-8-4-7-12(10-13)15(18)14(17)9-11-5-2-1-3-6-11/h1-8,10,15,18H,9H2. The Labute approximate surface area is 121 Å². The molecule has 1 atom stereocenters. The van der Waals surface area contributed by atoms with Gasteiger partial charge in [0.2, 0.25) is 0 Å². The molecule has 2 aromatic rings. The van der Waals surface area contributed by atoms with Gasteiger partial charge in [-0.25, -0.2) is 0 Å². The number of rotatable bonds is 4. The molecular formula is C15H13BrOS. The highest BCUT2D eigenvalue weighted by Gasteiger charge is 2.16. The average Bonchev–Trinajstić information content (AvgIpc) is 2.39. The second kappa shape index (κ2) is 6.21. The fourth-order valence-electron chi connectivity index (χ4n) is 1.76. The van der Waals surface area contributed by atoms with E-state index in [1.165, 1.54) is 0 Å². The molecule has 92 valence electrons. The van der Waals surface area contributed by atoms with Crippen molar-refractivity contribution in [2.24, 2.45) is 0 Å². The van der Waals surface area contributed by atoms with Gasteiger partial charge in [0.05, 0.1) is 5.25 Å². The molecule has 0 spiro atoms. The lowest BCUT2D eigenvalue weighted by Gasteiger charge is -2.10. The van der Waals surface area contributed by atoms with Gasteiger partial charge in [0.1, 0.15) is 0 Å². The summed E-state index contributed by atoms with van der Waals surface area (Å²) in [6, 6.07) is 17.4. The highest BCUT2D eigenvalue weighted by atomic mass is 79.9. The van der Waals surface area contributed by atoms with Crippen LogP contribution in [0.4, 0.5) is 0 Å². The minimum Gasteiger partial charge on any atom is -0.298 e. The zero-order valence-electron chi connectivity index (χ0n) is 9.71. The van der Waals surface area contributed by atoms with Crippen LogP contribution in [-0.4, -0.2) is 5.78 Å². The highest BCUT2D eigenvalue weighted by molar-refractivity contribution is 9.10. The number of hydrogen-bond acceptors (Lipinski definition) is 2. The Morgan fingerprint density at radius 3 is 2.50 bits per heavy atom. The van der Waals surface area contributed by atoms with E-state index in [9.17, 15) is 4.79 Å². The van der Waals surface area contributed by atoms with Crippen molar-refractivity contribution in [1.82, 2.24) is 0 Å². The van der Waals surface area contributed by atoms with E-state index in [4.69, 9.17) is 0 Å². The molecule has 0 aromatic heterocycles. The van der Waals surface area contributed by atoms with Crippen molar-refractivity contribution in [1.29, 1.82) is 0 Å². The summed E-state index contributed by atoms with van der Waals surface area (Å²) in [6.07, 6.45) is 0.418. The smallest absolute Gasteiger partial charge is 0.154 e. The molecule has 0 aliphatic carbocycles. The number of benzene rings is 2. The first kappa shape index (κ1) is 13.4. The van der Waals surface area contributed by atoms with Gasteiger partial charge in [-0.3, -0.25) is 4.79 Å². The third kappa shape index (κ3) is 3.47. The van der Waals surface area contributed by atoms with Gasteiger partial charge in [-0.05, 0) is 23.3 Å². The molecule has 0 N–H and O–H groups in total. The van der Waals surface area contributed by atoms with Gasteiger partial charge in [-0.15, -0.1) is 0 Å². The van der Waals surface area contributed by atoms with Crippen molar-refractivity contribution in [3.05, 3.63) is 70.2 Å². The SMILES string of the molecule is O=C(Cc1ccccc1)C(S)c1cccc(Br)c1. The van der Waals surface area contributed by atoms with E-state index in [1.807, 2.05) is 54.6 Å². The first-order valence-corrected chi connectivity index (χ1v) is 6.98. The molecule has 0 saturated heterocycles. The van der Waals surface area contributed by atoms with Gasteiger partial charge in [-0.1, -0.05) is 58.4 Å². The molecule has 0 aliphatic heterocycles. The summed E-state index contributed by atoms with van der Waals surface area (Å²) < 4.78 is 0.964. The van der Waals surface area contributed by atoms with E-state index in [0.29, 0.717) is 6.42 Å². The number of carbonyl (C=O) groups excluding carboxylic acids is 1.